The van der Waals surface area contributed by atoms with E-state index in [0.29, 0.717) is 13.2 Å². The van der Waals surface area contributed by atoms with Crippen molar-refractivity contribution in [3.8, 4) is 0 Å². The lowest BCUT2D eigenvalue weighted by Crippen LogP contribution is -2.59. The van der Waals surface area contributed by atoms with Gasteiger partial charge in [-0.15, -0.1) is 0 Å². The van der Waals surface area contributed by atoms with Crippen molar-refractivity contribution >= 4 is 5.97 Å². The Hall–Kier alpha value is -2.25. The first kappa shape index (κ1) is 20.5. The summed E-state index contributed by atoms with van der Waals surface area (Å²) in [7, 11) is 0. The third-order valence-corrected chi connectivity index (χ3v) is 4.62. The Balaban J connectivity index is 1.76. The predicted molar refractivity (Wildman–Crippen MR) is 102 cm³/mol. The number of carbonyl (C=O) groups excluding carboxylic acids is 1. The molecule has 1 heterocycles. The zero-order valence-electron chi connectivity index (χ0n) is 16.1. The Labute approximate surface area is 165 Å². The highest BCUT2D eigenvalue weighted by Gasteiger charge is 2.47. The highest BCUT2D eigenvalue weighted by molar-refractivity contribution is 5.66. The summed E-state index contributed by atoms with van der Waals surface area (Å²) < 4.78 is 23.0. The second kappa shape index (κ2) is 9.80. The molecule has 1 saturated heterocycles. The van der Waals surface area contributed by atoms with Gasteiger partial charge in [-0.05, 0) is 18.1 Å². The van der Waals surface area contributed by atoms with E-state index in [1.807, 2.05) is 67.6 Å². The molecule has 6 nitrogen and oxygen atoms in total. The van der Waals surface area contributed by atoms with Crippen LogP contribution in [0.15, 0.2) is 60.7 Å². The van der Waals surface area contributed by atoms with Gasteiger partial charge in [-0.3, -0.25) is 4.79 Å². The maximum Gasteiger partial charge on any atom is 0.303 e. The number of carbonyl (C=O) groups is 1. The van der Waals surface area contributed by atoms with E-state index in [9.17, 15) is 9.90 Å². The Bertz CT molecular complexity index is 735. The summed E-state index contributed by atoms with van der Waals surface area (Å²) in [5.74, 6) is -0.516. The molecule has 2 aromatic carbocycles. The van der Waals surface area contributed by atoms with Gasteiger partial charge in [-0.2, -0.15) is 0 Å². The summed E-state index contributed by atoms with van der Waals surface area (Å²) in [6.45, 7) is 3.75. The average Bonchev–Trinajstić information content (AvgIpc) is 2.69. The fraction of sp³-hybridized carbons (Fsp3) is 0.409. The van der Waals surface area contributed by atoms with Gasteiger partial charge in [0.25, 0.3) is 0 Å². The van der Waals surface area contributed by atoms with Crippen LogP contribution in [0.3, 0.4) is 0 Å². The van der Waals surface area contributed by atoms with Crippen molar-refractivity contribution in [2.45, 2.75) is 57.8 Å². The quantitative estimate of drug-likeness (QED) is 0.738. The largest absolute Gasteiger partial charge is 0.454 e. The van der Waals surface area contributed by atoms with Gasteiger partial charge in [0, 0.05) is 6.92 Å². The molecule has 150 valence electrons. The number of rotatable bonds is 7. The first-order valence-corrected chi connectivity index (χ1v) is 9.36. The summed E-state index contributed by atoms with van der Waals surface area (Å²) in [5.41, 5.74) is 1.98. The van der Waals surface area contributed by atoms with Crippen molar-refractivity contribution in [1.29, 1.82) is 0 Å². The fourth-order valence-electron chi connectivity index (χ4n) is 3.26. The molecule has 3 rings (SSSR count). The maximum atomic E-state index is 11.6. The predicted octanol–water partition coefficient (Wildman–Crippen LogP) is 2.83. The minimum absolute atomic E-state index is 0.300. The Morgan fingerprint density at radius 3 is 1.89 bits per heavy atom. The highest BCUT2D eigenvalue weighted by atomic mass is 16.7. The van der Waals surface area contributed by atoms with E-state index in [-0.39, 0.29) is 0 Å². The molecule has 5 atom stereocenters. The second-order valence-electron chi connectivity index (χ2n) is 6.83. The number of hydrogen-bond donors (Lipinski definition) is 1. The number of ether oxygens (including phenoxy) is 4. The molecule has 1 aliphatic heterocycles. The number of benzene rings is 2. The summed E-state index contributed by atoms with van der Waals surface area (Å²) in [5, 5.41) is 10.3. The Morgan fingerprint density at radius 1 is 0.893 bits per heavy atom. The molecule has 0 aliphatic carbocycles. The second-order valence-corrected chi connectivity index (χ2v) is 6.83. The smallest absolute Gasteiger partial charge is 0.303 e. The molecular formula is C22H26O6. The molecule has 28 heavy (non-hydrogen) atoms. The van der Waals surface area contributed by atoms with Crippen LogP contribution in [-0.2, 0) is 37.0 Å². The van der Waals surface area contributed by atoms with Crippen LogP contribution in [0.2, 0.25) is 0 Å². The van der Waals surface area contributed by atoms with Crippen LogP contribution in [0.25, 0.3) is 0 Å². The van der Waals surface area contributed by atoms with Crippen LogP contribution in [-0.4, -0.2) is 41.8 Å². The van der Waals surface area contributed by atoms with E-state index >= 15 is 0 Å². The lowest BCUT2D eigenvalue weighted by atomic mass is 9.98. The molecule has 6 heteroatoms. The molecular weight excluding hydrogens is 360 g/mol. The first-order chi connectivity index (χ1) is 13.5. The SMILES string of the molecule is CC(=O)O[C@H]1C(O)O[C@H](C)[C@@H](OCc2ccccc2)[C@@H]1OCc1ccccc1. The minimum Gasteiger partial charge on any atom is -0.454 e. The van der Waals surface area contributed by atoms with Crippen molar-refractivity contribution in [3.63, 3.8) is 0 Å². The minimum atomic E-state index is -1.28. The van der Waals surface area contributed by atoms with Crippen LogP contribution in [0.5, 0.6) is 0 Å². The lowest BCUT2D eigenvalue weighted by Gasteiger charge is -2.43. The highest BCUT2D eigenvalue weighted by Crippen LogP contribution is 2.28. The first-order valence-electron chi connectivity index (χ1n) is 9.36. The zero-order chi connectivity index (χ0) is 19.9. The summed E-state index contributed by atoms with van der Waals surface area (Å²) >= 11 is 0. The molecule has 1 aliphatic rings. The maximum absolute atomic E-state index is 11.6. The molecule has 0 bridgehead atoms. The van der Waals surface area contributed by atoms with Crippen LogP contribution in [0, 0.1) is 0 Å². The molecule has 0 aromatic heterocycles. The van der Waals surface area contributed by atoms with Gasteiger partial charge in [-0.25, -0.2) is 0 Å². The third kappa shape index (κ3) is 5.39. The van der Waals surface area contributed by atoms with E-state index < -0.39 is 36.7 Å². The average molecular weight is 386 g/mol. The number of aliphatic hydroxyl groups is 1. The summed E-state index contributed by atoms with van der Waals surface area (Å²) in [6, 6.07) is 19.4. The number of hydrogen-bond acceptors (Lipinski definition) is 6. The van der Waals surface area contributed by atoms with Gasteiger partial charge in [0.15, 0.2) is 12.4 Å². The van der Waals surface area contributed by atoms with Crippen molar-refractivity contribution in [1.82, 2.24) is 0 Å². The van der Waals surface area contributed by atoms with Crippen LogP contribution >= 0.6 is 0 Å². The standard InChI is InChI=1S/C22H26O6/c1-15-19(25-13-17-9-5-3-6-10-17)20(21(22(24)27-15)28-16(2)23)26-14-18-11-7-4-8-12-18/h3-12,15,19-22,24H,13-14H2,1-2H3/t15-,19-,20+,21-,22?/m1/s1. The molecule has 0 saturated carbocycles. The van der Waals surface area contributed by atoms with Crippen LogP contribution < -0.4 is 0 Å². The van der Waals surface area contributed by atoms with Gasteiger partial charge >= 0.3 is 5.97 Å². The van der Waals surface area contributed by atoms with Gasteiger partial charge < -0.3 is 24.1 Å². The van der Waals surface area contributed by atoms with Crippen LogP contribution in [0.4, 0.5) is 0 Å². The topological polar surface area (TPSA) is 74.2 Å². The van der Waals surface area contributed by atoms with Gasteiger partial charge in [0.1, 0.15) is 12.2 Å². The van der Waals surface area contributed by atoms with E-state index in [1.54, 1.807) is 0 Å². The molecule has 2 aromatic rings. The normalized spacial score (nSPS) is 27.3. The van der Waals surface area contributed by atoms with Crippen molar-refractivity contribution < 1.29 is 28.8 Å². The zero-order valence-corrected chi connectivity index (χ0v) is 16.1. The van der Waals surface area contributed by atoms with E-state index in [2.05, 4.69) is 0 Å². The molecule has 1 fully saturated rings. The van der Waals surface area contributed by atoms with E-state index in [0.717, 1.165) is 11.1 Å². The van der Waals surface area contributed by atoms with E-state index in [4.69, 9.17) is 18.9 Å². The summed E-state index contributed by atoms with van der Waals surface area (Å²) in [6.07, 6.45) is -3.89. The molecule has 0 amide bonds. The third-order valence-electron chi connectivity index (χ3n) is 4.62. The molecule has 0 spiro atoms. The fourth-order valence-corrected chi connectivity index (χ4v) is 3.26. The molecule has 1 unspecified atom stereocenters. The van der Waals surface area contributed by atoms with Crippen molar-refractivity contribution in [2.75, 3.05) is 0 Å². The van der Waals surface area contributed by atoms with Gasteiger partial charge in [0.05, 0.1) is 19.3 Å². The van der Waals surface area contributed by atoms with Gasteiger partial charge in [-0.1, -0.05) is 60.7 Å². The molecule has 0 radical (unpaired) electrons. The van der Waals surface area contributed by atoms with Crippen molar-refractivity contribution in [3.05, 3.63) is 71.8 Å². The monoisotopic (exact) mass is 386 g/mol. The summed E-state index contributed by atoms with van der Waals surface area (Å²) in [4.78, 5) is 11.6. The van der Waals surface area contributed by atoms with E-state index in [1.165, 1.54) is 6.92 Å². The van der Waals surface area contributed by atoms with Crippen molar-refractivity contribution in [2.24, 2.45) is 0 Å². The number of aliphatic hydroxyl groups excluding tert-OH is 1. The Morgan fingerprint density at radius 2 is 1.39 bits per heavy atom. The van der Waals surface area contributed by atoms with Gasteiger partial charge in [0.2, 0.25) is 0 Å². The Kier molecular flexibility index (Phi) is 7.17. The lowest BCUT2D eigenvalue weighted by molar-refractivity contribution is -0.300. The molecule has 1 N–H and O–H groups in total. The van der Waals surface area contributed by atoms with Crippen LogP contribution in [0.1, 0.15) is 25.0 Å². The number of esters is 1.